The summed E-state index contributed by atoms with van der Waals surface area (Å²) in [7, 11) is 1.96. The largest absolute Gasteiger partial charge is 0.373 e. The summed E-state index contributed by atoms with van der Waals surface area (Å²) in [6, 6.07) is 0. The molecule has 3 rings (SSSR count). The minimum absolute atomic E-state index is 0.604. The summed E-state index contributed by atoms with van der Waals surface area (Å²) in [5.41, 5.74) is 1.20. The smallest absolute Gasteiger partial charge is 0.137 e. The lowest BCUT2D eigenvalue weighted by Gasteiger charge is -2.25. The molecule has 0 radical (unpaired) electrons. The normalized spacial score (nSPS) is 23.6. The maximum absolute atomic E-state index is 4.91. The van der Waals surface area contributed by atoms with Gasteiger partial charge in [0, 0.05) is 31.6 Å². The van der Waals surface area contributed by atoms with E-state index in [9.17, 15) is 0 Å². The van der Waals surface area contributed by atoms with Crippen LogP contribution >= 0.6 is 0 Å². The number of hydrogen-bond donors (Lipinski definition) is 1. The summed E-state index contributed by atoms with van der Waals surface area (Å²) in [6.07, 6.45) is 6.40. The summed E-state index contributed by atoms with van der Waals surface area (Å²) < 4.78 is 0. The van der Waals surface area contributed by atoms with Crippen molar-refractivity contribution >= 4 is 11.6 Å². The second-order valence-electron chi connectivity index (χ2n) is 6.43. The molecule has 1 saturated carbocycles. The first-order valence-electron chi connectivity index (χ1n) is 8.00. The van der Waals surface area contributed by atoms with Gasteiger partial charge in [0.05, 0.1) is 0 Å². The topological polar surface area (TPSA) is 41.1 Å². The standard InChI is InChI=1S/C16H26N4/c1-11-5-4-9-20(10-8-11)16-12(2)14(17-3)18-15(19-16)13-6-7-13/h11,13H,4-10H2,1-3H3,(H,17,18,19). The van der Waals surface area contributed by atoms with Crippen LogP contribution in [-0.2, 0) is 0 Å². The molecule has 0 spiro atoms. The second-order valence-corrected chi connectivity index (χ2v) is 6.43. The summed E-state index contributed by atoms with van der Waals surface area (Å²) in [5.74, 6) is 4.67. The van der Waals surface area contributed by atoms with Crippen LogP contribution in [0.1, 0.15) is 56.3 Å². The molecule has 2 heterocycles. The average molecular weight is 274 g/mol. The number of nitrogens with zero attached hydrogens (tertiary/aromatic N) is 3. The van der Waals surface area contributed by atoms with Crippen LogP contribution in [0.5, 0.6) is 0 Å². The van der Waals surface area contributed by atoms with Crippen molar-refractivity contribution in [1.29, 1.82) is 0 Å². The fraction of sp³-hybridized carbons (Fsp3) is 0.750. The van der Waals surface area contributed by atoms with Gasteiger partial charge in [-0.3, -0.25) is 0 Å². The third-order valence-corrected chi connectivity index (χ3v) is 4.63. The van der Waals surface area contributed by atoms with Gasteiger partial charge in [0.25, 0.3) is 0 Å². The Balaban J connectivity index is 1.92. The van der Waals surface area contributed by atoms with Crippen LogP contribution in [0.25, 0.3) is 0 Å². The molecule has 4 heteroatoms. The quantitative estimate of drug-likeness (QED) is 0.918. The number of hydrogen-bond acceptors (Lipinski definition) is 4. The van der Waals surface area contributed by atoms with Crippen molar-refractivity contribution in [3.05, 3.63) is 11.4 Å². The Morgan fingerprint density at radius 1 is 1.10 bits per heavy atom. The molecular weight excluding hydrogens is 248 g/mol. The van der Waals surface area contributed by atoms with E-state index in [4.69, 9.17) is 9.97 Å². The molecule has 1 N–H and O–H groups in total. The van der Waals surface area contributed by atoms with Crippen molar-refractivity contribution in [2.24, 2.45) is 5.92 Å². The fourth-order valence-electron chi connectivity index (χ4n) is 3.07. The average Bonchev–Trinajstić information content (AvgIpc) is 3.27. The van der Waals surface area contributed by atoms with Crippen LogP contribution in [0.4, 0.5) is 11.6 Å². The number of nitrogens with one attached hydrogen (secondary N) is 1. The highest BCUT2D eigenvalue weighted by molar-refractivity contribution is 5.58. The van der Waals surface area contributed by atoms with Crippen molar-refractivity contribution in [2.45, 2.75) is 51.9 Å². The molecule has 0 amide bonds. The fourth-order valence-corrected chi connectivity index (χ4v) is 3.07. The minimum Gasteiger partial charge on any atom is -0.373 e. The van der Waals surface area contributed by atoms with Crippen molar-refractivity contribution in [3.8, 4) is 0 Å². The zero-order valence-electron chi connectivity index (χ0n) is 12.9. The Morgan fingerprint density at radius 2 is 1.90 bits per heavy atom. The van der Waals surface area contributed by atoms with Crippen molar-refractivity contribution in [3.63, 3.8) is 0 Å². The monoisotopic (exact) mass is 274 g/mol. The van der Waals surface area contributed by atoms with E-state index in [0.717, 1.165) is 30.6 Å². The van der Waals surface area contributed by atoms with Gasteiger partial charge in [-0.2, -0.15) is 0 Å². The Morgan fingerprint density at radius 3 is 2.60 bits per heavy atom. The number of anilines is 2. The van der Waals surface area contributed by atoms with Gasteiger partial charge >= 0.3 is 0 Å². The highest BCUT2D eigenvalue weighted by atomic mass is 15.2. The first-order chi connectivity index (χ1) is 9.69. The van der Waals surface area contributed by atoms with Gasteiger partial charge in [-0.15, -0.1) is 0 Å². The van der Waals surface area contributed by atoms with Crippen molar-refractivity contribution in [1.82, 2.24) is 9.97 Å². The summed E-state index contributed by atoms with van der Waals surface area (Å²) >= 11 is 0. The molecule has 110 valence electrons. The first-order valence-corrected chi connectivity index (χ1v) is 8.00. The lowest BCUT2D eigenvalue weighted by Crippen LogP contribution is -2.27. The van der Waals surface area contributed by atoms with Crippen LogP contribution in [-0.4, -0.2) is 30.1 Å². The van der Waals surface area contributed by atoms with Gasteiger partial charge < -0.3 is 10.2 Å². The van der Waals surface area contributed by atoms with Crippen LogP contribution in [0.2, 0.25) is 0 Å². The van der Waals surface area contributed by atoms with Crippen LogP contribution < -0.4 is 10.2 Å². The molecule has 1 aromatic rings. The Hall–Kier alpha value is -1.32. The molecule has 2 fully saturated rings. The van der Waals surface area contributed by atoms with E-state index in [0.29, 0.717) is 5.92 Å². The molecule has 1 saturated heterocycles. The van der Waals surface area contributed by atoms with E-state index in [1.807, 2.05) is 7.05 Å². The SMILES string of the molecule is CNc1nc(C2CC2)nc(N2CCCC(C)CC2)c1C. The number of rotatable bonds is 3. The van der Waals surface area contributed by atoms with Gasteiger partial charge in [0.1, 0.15) is 17.5 Å². The van der Waals surface area contributed by atoms with E-state index in [2.05, 4.69) is 24.1 Å². The molecule has 1 atom stereocenters. The highest BCUT2D eigenvalue weighted by Gasteiger charge is 2.29. The lowest BCUT2D eigenvalue weighted by atomic mass is 10.0. The molecule has 0 aromatic carbocycles. The maximum Gasteiger partial charge on any atom is 0.137 e. The molecule has 20 heavy (non-hydrogen) atoms. The Kier molecular flexibility index (Phi) is 3.81. The molecule has 0 bridgehead atoms. The molecule has 1 aliphatic carbocycles. The van der Waals surface area contributed by atoms with Crippen LogP contribution in [0, 0.1) is 12.8 Å². The van der Waals surface area contributed by atoms with E-state index in [1.54, 1.807) is 0 Å². The number of aromatic nitrogens is 2. The van der Waals surface area contributed by atoms with Crippen molar-refractivity contribution < 1.29 is 0 Å². The molecule has 1 aliphatic heterocycles. The lowest BCUT2D eigenvalue weighted by molar-refractivity contribution is 0.521. The van der Waals surface area contributed by atoms with Crippen molar-refractivity contribution in [2.75, 3.05) is 30.4 Å². The molecule has 1 unspecified atom stereocenters. The van der Waals surface area contributed by atoms with E-state index >= 15 is 0 Å². The predicted molar refractivity (Wildman–Crippen MR) is 83.5 cm³/mol. The summed E-state index contributed by atoms with van der Waals surface area (Å²) in [5, 5.41) is 3.24. The van der Waals surface area contributed by atoms with E-state index in [-0.39, 0.29) is 0 Å². The Labute approximate surface area is 122 Å². The summed E-state index contributed by atoms with van der Waals surface area (Å²) in [4.78, 5) is 12.1. The van der Waals surface area contributed by atoms with Gasteiger partial charge in [-0.1, -0.05) is 6.92 Å². The zero-order chi connectivity index (χ0) is 14.1. The zero-order valence-corrected chi connectivity index (χ0v) is 12.9. The highest BCUT2D eigenvalue weighted by Crippen LogP contribution is 2.40. The van der Waals surface area contributed by atoms with Gasteiger partial charge in [0.2, 0.25) is 0 Å². The summed E-state index contributed by atoms with van der Waals surface area (Å²) in [6.45, 7) is 6.78. The molecule has 1 aromatic heterocycles. The third kappa shape index (κ3) is 2.74. The van der Waals surface area contributed by atoms with Crippen LogP contribution in [0.15, 0.2) is 0 Å². The Bertz CT molecular complexity index is 482. The predicted octanol–water partition coefficient (Wildman–Crippen LogP) is 3.33. The molecule has 4 nitrogen and oxygen atoms in total. The van der Waals surface area contributed by atoms with E-state index in [1.165, 1.54) is 43.5 Å². The van der Waals surface area contributed by atoms with Gasteiger partial charge in [-0.05, 0) is 44.9 Å². The first kappa shape index (κ1) is 13.7. The second kappa shape index (κ2) is 5.58. The minimum atomic E-state index is 0.604. The van der Waals surface area contributed by atoms with Gasteiger partial charge in [-0.25, -0.2) is 9.97 Å². The van der Waals surface area contributed by atoms with Gasteiger partial charge in [0.15, 0.2) is 0 Å². The van der Waals surface area contributed by atoms with E-state index < -0.39 is 0 Å². The maximum atomic E-state index is 4.91. The molecular formula is C16H26N4. The van der Waals surface area contributed by atoms with Crippen LogP contribution in [0.3, 0.4) is 0 Å². The molecule has 2 aliphatic rings. The third-order valence-electron chi connectivity index (χ3n) is 4.63.